The molecule has 104 valence electrons. The van der Waals surface area contributed by atoms with Crippen LogP contribution in [0.2, 0.25) is 5.02 Å². The number of anilines is 2. The molecule has 0 aliphatic heterocycles. The number of nitrogens with one attached hydrogen (secondary N) is 1. The van der Waals surface area contributed by atoms with Gasteiger partial charge in [0.15, 0.2) is 6.61 Å². The highest BCUT2D eigenvalue weighted by Crippen LogP contribution is 2.18. The molecule has 5 heteroatoms. The zero-order chi connectivity index (χ0) is 14.5. The number of carbonyl (C=O) groups excluding carboxylic acids is 1. The lowest BCUT2D eigenvalue weighted by atomic mass is 10.2. The van der Waals surface area contributed by atoms with Crippen molar-refractivity contribution in [2.75, 3.05) is 17.7 Å². The highest BCUT2D eigenvalue weighted by atomic mass is 35.5. The van der Waals surface area contributed by atoms with Crippen molar-refractivity contribution >= 4 is 28.9 Å². The minimum absolute atomic E-state index is 0.0640. The molecule has 2 aromatic carbocycles. The summed E-state index contributed by atoms with van der Waals surface area (Å²) in [5.41, 5.74) is 7.95. The fourth-order valence-corrected chi connectivity index (χ4v) is 1.82. The van der Waals surface area contributed by atoms with Crippen LogP contribution in [-0.4, -0.2) is 12.5 Å². The Morgan fingerprint density at radius 3 is 2.60 bits per heavy atom. The topological polar surface area (TPSA) is 64.3 Å². The molecule has 0 heterocycles. The van der Waals surface area contributed by atoms with Gasteiger partial charge in [-0.05, 0) is 55.0 Å². The molecule has 4 nitrogen and oxygen atoms in total. The molecule has 0 radical (unpaired) electrons. The van der Waals surface area contributed by atoms with E-state index in [1.807, 2.05) is 6.92 Å². The van der Waals surface area contributed by atoms with E-state index in [0.717, 1.165) is 11.3 Å². The molecule has 0 fully saturated rings. The van der Waals surface area contributed by atoms with E-state index in [0.29, 0.717) is 16.5 Å². The van der Waals surface area contributed by atoms with E-state index in [9.17, 15) is 4.79 Å². The van der Waals surface area contributed by atoms with E-state index >= 15 is 0 Å². The van der Waals surface area contributed by atoms with Crippen molar-refractivity contribution in [1.29, 1.82) is 0 Å². The van der Waals surface area contributed by atoms with Crippen LogP contribution in [-0.2, 0) is 4.79 Å². The number of benzene rings is 2. The summed E-state index contributed by atoms with van der Waals surface area (Å²) < 4.78 is 5.36. The van der Waals surface area contributed by atoms with Gasteiger partial charge in [-0.25, -0.2) is 0 Å². The first-order valence-corrected chi connectivity index (χ1v) is 6.47. The van der Waals surface area contributed by atoms with Crippen LogP contribution < -0.4 is 15.8 Å². The molecule has 0 bridgehead atoms. The Hall–Kier alpha value is -2.20. The van der Waals surface area contributed by atoms with Crippen molar-refractivity contribution < 1.29 is 9.53 Å². The number of hydrogen-bond acceptors (Lipinski definition) is 3. The number of amides is 1. The standard InChI is InChI=1S/C15H15ClN2O2/c1-10-8-12(17)4-7-14(10)18-15(19)9-20-13-5-2-11(16)3-6-13/h2-8H,9,17H2,1H3,(H,18,19). The molecule has 2 rings (SSSR count). The molecule has 0 aliphatic carbocycles. The van der Waals surface area contributed by atoms with Crippen LogP contribution in [0.5, 0.6) is 5.75 Å². The molecular formula is C15H15ClN2O2. The number of rotatable bonds is 4. The van der Waals surface area contributed by atoms with Crippen molar-refractivity contribution in [2.24, 2.45) is 0 Å². The van der Waals surface area contributed by atoms with E-state index in [-0.39, 0.29) is 12.5 Å². The molecule has 0 spiro atoms. The normalized spacial score (nSPS) is 10.1. The average molecular weight is 291 g/mol. The average Bonchev–Trinajstić information content (AvgIpc) is 2.41. The largest absolute Gasteiger partial charge is 0.484 e. The predicted octanol–water partition coefficient (Wildman–Crippen LogP) is 3.25. The third-order valence-corrected chi connectivity index (χ3v) is 2.96. The SMILES string of the molecule is Cc1cc(N)ccc1NC(=O)COc1ccc(Cl)cc1. The van der Waals surface area contributed by atoms with Gasteiger partial charge in [0.1, 0.15) is 5.75 Å². The molecule has 0 atom stereocenters. The Kier molecular flexibility index (Phi) is 4.48. The second kappa shape index (κ2) is 6.30. The zero-order valence-corrected chi connectivity index (χ0v) is 11.8. The third kappa shape index (κ3) is 3.90. The van der Waals surface area contributed by atoms with E-state index in [2.05, 4.69) is 5.32 Å². The number of ether oxygens (including phenoxy) is 1. The van der Waals surface area contributed by atoms with Crippen LogP contribution >= 0.6 is 11.6 Å². The lowest BCUT2D eigenvalue weighted by Crippen LogP contribution is -2.20. The van der Waals surface area contributed by atoms with Crippen molar-refractivity contribution in [3.05, 3.63) is 53.1 Å². The maximum Gasteiger partial charge on any atom is 0.262 e. The minimum Gasteiger partial charge on any atom is -0.484 e. The van der Waals surface area contributed by atoms with Gasteiger partial charge in [0.25, 0.3) is 5.91 Å². The van der Waals surface area contributed by atoms with E-state index < -0.39 is 0 Å². The minimum atomic E-state index is -0.229. The Morgan fingerprint density at radius 2 is 1.95 bits per heavy atom. The molecular weight excluding hydrogens is 276 g/mol. The summed E-state index contributed by atoms with van der Waals surface area (Å²) >= 11 is 5.77. The Balaban J connectivity index is 1.90. The predicted molar refractivity (Wildman–Crippen MR) is 81.2 cm³/mol. The molecule has 3 N–H and O–H groups in total. The highest BCUT2D eigenvalue weighted by molar-refractivity contribution is 6.30. The lowest BCUT2D eigenvalue weighted by molar-refractivity contribution is -0.118. The lowest BCUT2D eigenvalue weighted by Gasteiger charge is -2.10. The monoisotopic (exact) mass is 290 g/mol. The Labute approximate surface area is 122 Å². The molecule has 0 aliphatic rings. The van der Waals surface area contributed by atoms with Crippen molar-refractivity contribution in [2.45, 2.75) is 6.92 Å². The molecule has 20 heavy (non-hydrogen) atoms. The van der Waals surface area contributed by atoms with Gasteiger partial charge in [-0.15, -0.1) is 0 Å². The molecule has 0 unspecified atom stereocenters. The summed E-state index contributed by atoms with van der Waals surface area (Å²) in [6.45, 7) is 1.82. The molecule has 2 aromatic rings. The second-order valence-corrected chi connectivity index (χ2v) is 4.80. The van der Waals surface area contributed by atoms with Crippen LogP contribution in [0, 0.1) is 6.92 Å². The first-order valence-electron chi connectivity index (χ1n) is 6.09. The molecule has 1 amide bonds. The van der Waals surface area contributed by atoms with E-state index in [1.165, 1.54) is 0 Å². The van der Waals surface area contributed by atoms with Gasteiger partial charge in [0.2, 0.25) is 0 Å². The number of nitrogen functional groups attached to an aromatic ring is 1. The first-order chi connectivity index (χ1) is 9.54. The quantitative estimate of drug-likeness (QED) is 0.850. The summed E-state index contributed by atoms with van der Waals surface area (Å²) in [7, 11) is 0. The first kappa shape index (κ1) is 14.2. The van der Waals surface area contributed by atoms with Gasteiger partial charge in [0, 0.05) is 16.4 Å². The van der Waals surface area contributed by atoms with E-state index in [4.69, 9.17) is 22.1 Å². The molecule has 0 saturated carbocycles. The number of carbonyl (C=O) groups is 1. The highest BCUT2D eigenvalue weighted by Gasteiger charge is 2.06. The van der Waals surface area contributed by atoms with Crippen molar-refractivity contribution in [3.63, 3.8) is 0 Å². The van der Waals surface area contributed by atoms with Crippen LogP contribution in [0.3, 0.4) is 0 Å². The van der Waals surface area contributed by atoms with E-state index in [1.54, 1.807) is 42.5 Å². The second-order valence-electron chi connectivity index (χ2n) is 4.37. The van der Waals surface area contributed by atoms with Crippen molar-refractivity contribution in [3.8, 4) is 5.75 Å². The Morgan fingerprint density at radius 1 is 1.25 bits per heavy atom. The maximum absolute atomic E-state index is 11.8. The maximum atomic E-state index is 11.8. The van der Waals surface area contributed by atoms with Crippen LogP contribution in [0.1, 0.15) is 5.56 Å². The van der Waals surface area contributed by atoms with Crippen molar-refractivity contribution in [1.82, 2.24) is 0 Å². The summed E-state index contributed by atoms with van der Waals surface area (Å²) in [6.07, 6.45) is 0. The number of aryl methyl sites for hydroxylation is 1. The Bertz CT molecular complexity index is 612. The van der Waals surface area contributed by atoms with Gasteiger partial charge >= 0.3 is 0 Å². The van der Waals surface area contributed by atoms with Crippen LogP contribution in [0.25, 0.3) is 0 Å². The summed E-state index contributed by atoms with van der Waals surface area (Å²) in [6, 6.07) is 12.1. The third-order valence-electron chi connectivity index (χ3n) is 2.71. The number of nitrogens with two attached hydrogens (primary N) is 1. The van der Waals surface area contributed by atoms with Crippen LogP contribution in [0.4, 0.5) is 11.4 Å². The zero-order valence-electron chi connectivity index (χ0n) is 11.0. The molecule has 0 saturated heterocycles. The van der Waals surface area contributed by atoms with Gasteiger partial charge in [-0.1, -0.05) is 11.6 Å². The van der Waals surface area contributed by atoms with Gasteiger partial charge in [0.05, 0.1) is 0 Å². The fourth-order valence-electron chi connectivity index (χ4n) is 1.69. The number of hydrogen-bond donors (Lipinski definition) is 2. The van der Waals surface area contributed by atoms with Gasteiger partial charge in [-0.2, -0.15) is 0 Å². The fraction of sp³-hybridized carbons (Fsp3) is 0.133. The van der Waals surface area contributed by atoms with Crippen LogP contribution in [0.15, 0.2) is 42.5 Å². The number of halogens is 1. The molecule has 0 aromatic heterocycles. The van der Waals surface area contributed by atoms with Gasteiger partial charge < -0.3 is 15.8 Å². The van der Waals surface area contributed by atoms with Gasteiger partial charge in [-0.3, -0.25) is 4.79 Å². The summed E-state index contributed by atoms with van der Waals surface area (Å²) in [4.78, 5) is 11.8. The smallest absolute Gasteiger partial charge is 0.262 e. The summed E-state index contributed by atoms with van der Waals surface area (Å²) in [5.74, 6) is 0.367. The summed E-state index contributed by atoms with van der Waals surface area (Å²) in [5, 5.41) is 3.40.